The zero-order chi connectivity index (χ0) is 35.3. The summed E-state index contributed by atoms with van der Waals surface area (Å²) in [6.45, 7) is 1.34. The van der Waals surface area contributed by atoms with Crippen LogP contribution in [0.5, 0.6) is 11.5 Å². The number of nitrogens with one attached hydrogen (secondary N) is 4. The number of benzene rings is 4. The van der Waals surface area contributed by atoms with Crippen LogP contribution in [0.2, 0.25) is 0 Å². The Kier molecular flexibility index (Phi) is 13.0. The van der Waals surface area contributed by atoms with Gasteiger partial charge < -0.3 is 35.5 Å². The van der Waals surface area contributed by atoms with Crippen molar-refractivity contribution in [3.05, 3.63) is 119 Å². The van der Waals surface area contributed by atoms with Gasteiger partial charge in [-0.2, -0.15) is 0 Å². The van der Waals surface area contributed by atoms with Gasteiger partial charge in [0.25, 0.3) is 0 Å². The molecule has 262 valence electrons. The first kappa shape index (κ1) is 36.1. The Morgan fingerprint density at radius 3 is 1.82 bits per heavy atom. The number of ether oxygens (including phenoxy) is 3. The van der Waals surface area contributed by atoms with E-state index in [-0.39, 0.29) is 12.3 Å². The van der Waals surface area contributed by atoms with Crippen LogP contribution in [-0.4, -0.2) is 63.7 Å². The van der Waals surface area contributed by atoms with Crippen molar-refractivity contribution in [2.45, 2.75) is 57.0 Å². The van der Waals surface area contributed by atoms with E-state index in [2.05, 4.69) is 21.3 Å². The van der Waals surface area contributed by atoms with Crippen molar-refractivity contribution in [1.82, 2.24) is 21.3 Å². The SMILES string of the molecule is CNCCC[C@@H]1NC(=O)[C@@H](NC)Cc2cc(ccc2OCc2ccccc2)-c2ccc(OCc3ccccc3)c(c2)C[C@@H](C(=O)OC)NC1=O. The molecule has 4 N–H and O–H groups in total. The molecule has 5 rings (SSSR count). The van der Waals surface area contributed by atoms with Crippen molar-refractivity contribution >= 4 is 17.8 Å². The van der Waals surface area contributed by atoms with Gasteiger partial charge in [-0.1, -0.05) is 72.8 Å². The fraction of sp³-hybridized carbons (Fsp3) is 0.325. The van der Waals surface area contributed by atoms with Gasteiger partial charge in [0.05, 0.1) is 13.2 Å². The number of amides is 2. The number of hydrogen-bond acceptors (Lipinski definition) is 8. The Hall–Kier alpha value is -5.19. The molecule has 4 aromatic rings. The van der Waals surface area contributed by atoms with Crippen LogP contribution in [0.25, 0.3) is 11.1 Å². The highest BCUT2D eigenvalue weighted by Gasteiger charge is 2.31. The van der Waals surface area contributed by atoms with E-state index in [1.54, 1.807) is 7.05 Å². The highest BCUT2D eigenvalue weighted by Crippen LogP contribution is 2.33. The normalized spacial score (nSPS) is 17.8. The summed E-state index contributed by atoms with van der Waals surface area (Å²) in [4.78, 5) is 40.8. The van der Waals surface area contributed by atoms with Gasteiger partial charge in [-0.3, -0.25) is 9.59 Å². The van der Waals surface area contributed by atoms with E-state index in [1.165, 1.54) is 7.11 Å². The van der Waals surface area contributed by atoms with Gasteiger partial charge in [0, 0.05) is 12.8 Å². The molecule has 1 aliphatic rings. The Morgan fingerprint density at radius 2 is 1.30 bits per heavy atom. The minimum Gasteiger partial charge on any atom is -0.489 e. The Morgan fingerprint density at radius 1 is 0.740 bits per heavy atom. The van der Waals surface area contributed by atoms with Gasteiger partial charge in [0.15, 0.2) is 0 Å². The highest BCUT2D eigenvalue weighted by molar-refractivity contribution is 5.92. The van der Waals surface area contributed by atoms with E-state index in [4.69, 9.17) is 14.2 Å². The Bertz CT molecular complexity index is 1730. The topological polar surface area (TPSA) is 127 Å². The first-order valence-corrected chi connectivity index (χ1v) is 17.0. The lowest BCUT2D eigenvalue weighted by atomic mass is 9.95. The molecular formula is C40H46N4O6. The average molecular weight is 679 g/mol. The van der Waals surface area contributed by atoms with Crippen LogP contribution < -0.4 is 30.7 Å². The van der Waals surface area contributed by atoms with Gasteiger partial charge in [0.1, 0.15) is 36.8 Å². The predicted molar refractivity (Wildman–Crippen MR) is 193 cm³/mol. The summed E-state index contributed by atoms with van der Waals surface area (Å²) in [7, 11) is 4.84. The fourth-order valence-electron chi connectivity index (χ4n) is 5.99. The molecule has 0 aromatic heterocycles. The van der Waals surface area contributed by atoms with Crippen LogP contribution >= 0.6 is 0 Å². The minimum absolute atomic E-state index is 0.109. The van der Waals surface area contributed by atoms with Crippen LogP contribution in [0.3, 0.4) is 0 Å². The number of carbonyl (C=O) groups excluding carboxylic acids is 3. The van der Waals surface area contributed by atoms with Crippen molar-refractivity contribution in [3.8, 4) is 22.6 Å². The number of carbonyl (C=O) groups is 3. The number of esters is 1. The number of methoxy groups -OCH3 is 1. The third kappa shape index (κ3) is 9.71. The number of fused-ring (bicyclic) bond motifs is 5. The second kappa shape index (κ2) is 18.0. The lowest BCUT2D eigenvalue weighted by molar-refractivity contribution is -0.145. The van der Waals surface area contributed by atoms with Crippen LogP contribution in [-0.2, 0) is 45.2 Å². The van der Waals surface area contributed by atoms with E-state index in [9.17, 15) is 14.4 Å². The van der Waals surface area contributed by atoms with E-state index in [0.29, 0.717) is 50.5 Å². The molecule has 0 radical (unpaired) electrons. The summed E-state index contributed by atoms with van der Waals surface area (Å²) in [5.41, 5.74) is 5.35. The van der Waals surface area contributed by atoms with Gasteiger partial charge in [-0.25, -0.2) is 4.79 Å². The monoisotopic (exact) mass is 678 g/mol. The molecule has 0 saturated carbocycles. The maximum Gasteiger partial charge on any atom is 0.328 e. The molecule has 0 spiro atoms. The van der Waals surface area contributed by atoms with Crippen molar-refractivity contribution in [2.75, 3.05) is 27.7 Å². The Labute approximate surface area is 293 Å². The summed E-state index contributed by atoms with van der Waals surface area (Å²) in [5.74, 6) is -0.157. The standard InChI is InChI=1S/C40H46N4O6/c1-41-20-10-15-33-38(45)44-35(40(47)48-3)24-32-22-30(17-19-37(32)50-26-28-13-8-5-9-14-28)29-16-18-36(49-25-27-11-6-4-7-12-27)31(21-29)23-34(42-2)39(46)43-33/h4-9,11-14,16-19,21-22,33-35,41-42H,10,15,20,23-26H2,1-3H3,(H,43,46)(H,44,45)/t33-,34-,35-/m0/s1. The molecule has 4 aromatic carbocycles. The first-order chi connectivity index (χ1) is 24.4. The van der Waals surface area contributed by atoms with Gasteiger partial charge in [0.2, 0.25) is 11.8 Å². The predicted octanol–water partition coefficient (Wildman–Crippen LogP) is 4.34. The molecule has 0 aliphatic carbocycles. The van der Waals surface area contributed by atoms with Crippen molar-refractivity contribution in [1.29, 1.82) is 0 Å². The van der Waals surface area contributed by atoms with Crippen LogP contribution in [0, 0.1) is 0 Å². The smallest absolute Gasteiger partial charge is 0.328 e. The van der Waals surface area contributed by atoms with E-state index in [1.807, 2.05) is 104 Å². The van der Waals surface area contributed by atoms with E-state index in [0.717, 1.165) is 33.4 Å². The molecule has 3 atom stereocenters. The first-order valence-electron chi connectivity index (χ1n) is 17.0. The summed E-state index contributed by atoms with van der Waals surface area (Å²) in [6, 6.07) is 28.9. The van der Waals surface area contributed by atoms with Crippen LogP contribution in [0.4, 0.5) is 0 Å². The number of likely N-dealkylation sites (N-methyl/N-ethyl adjacent to an activating group) is 1. The van der Waals surface area contributed by atoms with E-state index < -0.39 is 30.0 Å². The summed E-state index contributed by atoms with van der Waals surface area (Å²) in [5, 5.41) is 12.1. The molecule has 0 saturated heterocycles. The summed E-state index contributed by atoms with van der Waals surface area (Å²) >= 11 is 0. The third-order valence-electron chi connectivity index (χ3n) is 8.80. The second-order valence-electron chi connectivity index (χ2n) is 12.3. The molecule has 1 heterocycles. The second-order valence-corrected chi connectivity index (χ2v) is 12.3. The van der Waals surface area contributed by atoms with Gasteiger partial charge in [-0.15, -0.1) is 0 Å². The molecular weight excluding hydrogens is 632 g/mol. The number of rotatable bonds is 12. The van der Waals surface area contributed by atoms with Gasteiger partial charge >= 0.3 is 5.97 Å². The molecule has 2 amide bonds. The largest absolute Gasteiger partial charge is 0.489 e. The average Bonchev–Trinajstić information content (AvgIpc) is 3.15. The van der Waals surface area contributed by atoms with Crippen LogP contribution in [0.1, 0.15) is 35.1 Å². The molecule has 10 nitrogen and oxygen atoms in total. The summed E-state index contributed by atoms with van der Waals surface area (Å²) < 4.78 is 17.8. The fourth-order valence-corrected chi connectivity index (χ4v) is 5.99. The highest BCUT2D eigenvalue weighted by atomic mass is 16.5. The molecule has 10 heteroatoms. The molecule has 0 unspecified atom stereocenters. The quantitative estimate of drug-likeness (QED) is 0.129. The lowest BCUT2D eigenvalue weighted by Gasteiger charge is -2.25. The maximum absolute atomic E-state index is 13.8. The maximum atomic E-state index is 13.8. The number of hydrogen-bond donors (Lipinski definition) is 4. The van der Waals surface area contributed by atoms with Gasteiger partial charge in [-0.05, 0) is 91.1 Å². The third-order valence-corrected chi connectivity index (χ3v) is 8.80. The zero-order valence-electron chi connectivity index (χ0n) is 28.9. The molecule has 1 aliphatic heterocycles. The molecule has 50 heavy (non-hydrogen) atoms. The van der Waals surface area contributed by atoms with Crippen molar-refractivity contribution in [2.24, 2.45) is 0 Å². The van der Waals surface area contributed by atoms with Crippen LogP contribution in [0.15, 0.2) is 97.1 Å². The Balaban J connectivity index is 1.58. The molecule has 4 bridgehead atoms. The zero-order valence-corrected chi connectivity index (χ0v) is 28.9. The van der Waals surface area contributed by atoms with Crippen molar-refractivity contribution < 1.29 is 28.6 Å². The minimum atomic E-state index is -1.03. The molecule has 0 fully saturated rings. The van der Waals surface area contributed by atoms with E-state index >= 15 is 0 Å². The lowest BCUT2D eigenvalue weighted by Crippen LogP contribution is -2.55. The summed E-state index contributed by atoms with van der Waals surface area (Å²) in [6.07, 6.45) is 1.41. The van der Waals surface area contributed by atoms with Crippen molar-refractivity contribution in [3.63, 3.8) is 0 Å².